The summed E-state index contributed by atoms with van der Waals surface area (Å²) >= 11 is 0. The smallest absolute Gasteiger partial charge is 0.329 e. The highest BCUT2D eigenvalue weighted by atomic mass is 16.2. The van der Waals surface area contributed by atoms with E-state index in [2.05, 4.69) is 22.4 Å². The number of nitrogens with one attached hydrogen (secondary N) is 2. The first kappa shape index (κ1) is 22.4. The van der Waals surface area contributed by atoms with Crippen molar-refractivity contribution in [3.63, 3.8) is 0 Å². The number of amides is 1. The van der Waals surface area contributed by atoms with E-state index in [1.54, 1.807) is 0 Å². The third-order valence-electron chi connectivity index (χ3n) is 7.44. The molecule has 2 saturated carbocycles. The van der Waals surface area contributed by atoms with Gasteiger partial charge in [-0.3, -0.25) is 14.2 Å². The molecule has 0 radical (unpaired) electrons. The quantitative estimate of drug-likeness (QED) is 0.635. The molecule has 0 aliphatic heterocycles. The van der Waals surface area contributed by atoms with E-state index in [9.17, 15) is 14.4 Å². The average molecular weight is 439 g/mol. The lowest BCUT2D eigenvalue weighted by molar-refractivity contribution is 0.0995. The number of hydrogen-bond acceptors (Lipinski definition) is 4. The summed E-state index contributed by atoms with van der Waals surface area (Å²) < 4.78 is 1.31. The number of aromatic amines is 1. The molecule has 1 atom stereocenters. The van der Waals surface area contributed by atoms with Crippen LogP contribution in [0.25, 0.3) is 0 Å². The second kappa shape index (κ2) is 9.76. The molecule has 1 aromatic carbocycles. The van der Waals surface area contributed by atoms with Gasteiger partial charge in [-0.05, 0) is 62.8 Å². The number of anilines is 1. The van der Waals surface area contributed by atoms with E-state index in [-0.39, 0.29) is 23.5 Å². The maximum absolute atomic E-state index is 13.5. The zero-order chi connectivity index (χ0) is 22.7. The summed E-state index contributed by atoms with van der Waals surface area (Å²) in [6, 6.07) is 10.2. The standard InChI is InChI=1S/C25H34N4O3/c1-16(17-8-4-2-5-9-17)27-22-21(23(26)30)28-25(32)29(24(22)31)20-14-12-19(13-15-20)18-10-6-3-7-11-18/h3,6-7,10-11,16-17,19-20,27H,2,4-5,8-9,12-15H2,1H3,(H2,26,30)(H,28,32)/t16-,19?,20?/m0/s1. The van der Waals surface area contributed by atoms with Crippen molar-refractivity contribution in [3.05, 3.63) is 62.4 Å². The third-order valence-corrected chi connectivity index (χ3v) is 7.44. The van der Waals surface area contributed by atoms with E-state index in [0.29, 0.717) is 11.8 Å². The maximum Gasteiger partial charge on any atom is 0.329 e. The molecule has 2 aliphatic rings. The summed E-state index contributed by atoms with van der Waals surface area (Å²) in [6.45, 7) is 2.04. The summed E-state index contributed by atoms with van der Waals surface area (Å²) in [7, 11) is 0. The Balaban J connectivity index is 1.59. The number of nitrogens with zero attached hydrogens (tertiary/aromatic N) is 1. The van der Waals surface area contributed by atoms with Crippen LogP contribution >= 0.6 is 0 Å². The lowest BCUT2D eigenvalue weighted by atomic mass is 9.81. The first-order valence-electron chi connectivity index (χ1n) is 12.0. The molecule has 7 nitrogen and oxygen atoms in total. The van der Waals surface area contributed by atoms with Gasteiger partial charge >= 0.3 is 5.69 Å². The van der Waals surface area contributed by atoms with Gasteiger partial charge in [0, 0.05) is 12.1 Å². The van der Waals surface area contributed by atoms with Crippen LogP contribution in [0.4, 0.5) is 5.69 Å². The Kier molecular flexibility index (Phi) is 6.82. The van der Waals surface area contributed by atoms with Gasteiger partial charge in [0.2, 0.25) is 0 Å². The molecule has 2 aliphatic carbocycles. The van der Waals surface area contributed by atoms with Crippen LogP contribution < -0.4 is 22.3 Å². The summed E-state index contributed by atoms with van der Waals surface area (Å²) in [5.74, 6) is 0.0825. The van der Waals surface area contributed by atoms with Crippen LogP contribution in [0.5, 0.6) is 0 Å². The van der Waals surface area contributed by atoms with Crippen molar-refractivity contribution in [2.45, 2.75) is 82.7 Å². The van der Waals surface area contributed by atoms with E-state index in [0.717, 1.165) is 38.5 Å². The predicted octanol–water partition coefficient (Wildman–Crippen LogP) is 3.92. The van der Waals surface area contributed by atoms with Crippen molar-refractivity contribution in [3.8, 4) is 0 Å². The van der Waals surface area contributed by atoms with Crippen LogP contribution in [0, 0.1) is 5.92 Å². The van der Waals surface area contributed by atoms with Gasteiger partial charge in [0.05, 0.1) is 0 Å². The zero-order valence-electron chi connectivity index (χ0n) is 18.8. The van der Waals surface area contributed by atoms with E-state index in [1.807, 2.05) is 25.1 Å². The van der Waals surface area contributed by atoms with Crippen LogP contribution in [0.2, 0.25) is 0 Å². The molecule has 1 heterocycles. The molecule has 32 heavy (non-hydrogen) atoms. The maximum atomic E-state index is 13.5. The molecule has 4 N–H and O–H groups in total. The summed E-state index contributed by atoms with van der Waals surface area (Å²) in [5.41, 5.74) is 5.86. The molecular weight excluding hydrogens is 404 g/mol. The number of hydrogen-bond donors (Lipinski definition) is 3. The fourth-order valence-corrected chi connectivity index (χ4v) is 5.57. The van der Waals surface area contributed by atoms with Gasteiger partial charge in [-0.2, -0.15) is 0 Å². The molecule has 2 fully saturated rings. The van der Waals surface area contributed by atoms with Crippen LogP contribution in [0.1, 0.15) is 92.7 Å². The third kappa shape index (κ3) is 4.66. The Morgan fingerprint density at radius 1 is 1.03 bits per heavy atom. The number of benzene rings is 1. The van der Waals surface area contributed by atoms with Crippen molar-refractivity contribution in [2.75, 3.05) is 5.32 Å². The van der Waals surface area contributed by atoms with Gasteiger partial charge in [0.15, 0.2) is 0 Å². The van der Waals surface area contributed by atoms with Crippen LogP contribution in [-0.2, 0) is 0 Å². The van der Waals surface area contributed by atoms with Gasteiger partial charge in [0.25, 0.3) is 11.5 Å². The molecular formula is C25H34N4O3. The largest absolute Gasteiger partial charge is 0.376 e. The average Bonchev–Trinajstić information content (AvgIpc) is 2.82. The summed E-state index contributed by atoms with van der Waals surface area (Å²) in [4.78, 5) is 40.9. The fraction of sp³-hybridized carbons (Fsp3) is 0.560. The highest BCUT2D eigenvalue weighted by molar-refractivity contribution is 5.96. The van der Waals surface area contributed by atoms with Crippen LogP contribution in [0.15, 0.2) is 39.9 Å². The topological polar surface area (TPSA) is 110 Å². The first-order chi connectivity index (χ1) is 15.5. The van der Waals surface area contributed by atoms with Crippen molar-refractivity contribution in [2.24, 2.45) is 11.7 Å². The van der Waals surface area contributed by atoms with Crippen LogP contribution in [-0.4, -0.2) is 21.5 Å². The zero-order valence-corrected chi connectivity index (χ0v) is 18.8. The van der Waals surface area contributed by atoms with Crippen molar-refractivity contribution in [1.29, 1.82) is 0 Å². The van der Waals surface area contributed by atoms with Gasteiger partial charge in [-0.15, -0.1) is 0 Å². The summed E-state index contributed by atoms with van der Waals surface area (Å²) in [6.07, 6.45) is 9.12. The number of primary amides is 1. The van der Waals surface area contributed by atoms with Crippen molar-refractivity contribution in [1.82, 2.24) is 9.55 Å². The lowest BCUT2D eigenvalue weighted by Crippen LogP contribution is -2.44. The Morgan fingerprint density at radius 3 is 2.31 bits per heavy atom. The number of aromatic nitrogens is 2. The first-order valence-corrected chi connectivity index (χ1v) is 12.0. The van der Waals surface area contributed by atoms with Crippen LogP contribution in [0.3, 0.4) is 0 Å². The van der Waals surface area contributed by atoms with E-state index in [1.165, 1.54) is 29.4 Å². The Labute approximate surface area is 188 Å². The number of carbonyl (C=O) groups is 1. The molecule has 1 amide bonds. The predicted molar refractivity (Wildman–Crippen MR) is 126 cm³/mol. The van der Waals surface area contributed by atoms with Crippen molar-refractivity contribution >= 4 is 11.6 Å². The van der Waals surface area contributed by atoms with E-state index >= 15 is 0 Å². The highest BCUT2D eigenvalue weighted by Crippen LogP contribution is 2.37. The number of H-pyrrole nitrogens is 1. The number of carbonyl (C=O) groups excluding carboxylic acids is 1. The molecule has 0 spiro atoms. The van der Waals surface area contributed by atoms with Gasteiger partial charge < -0.3 is 16.0 Å². The van der Waals surface area contributed by atoms with Crippen molar-refractivity contribution < 1.29 is 4.79 Å². The normalized spacial score (nSPS) is 22.9. The molecule has 1 aromatic heterocycles. The molecule has 4 rings (SSSR count). The second-order valence-corrected chi connectivity index (χ2v) is 9.47. The van der Waals surface area contributed by atoms with Gasteiger partial charge in [-0.1, -0.05) is 49.6 Å². The molecule has 0 bridgehead atoms. The monoisotopic (exact) mass is 438 g/mol. The molecule has 2 aromatic rings. The van der Waals surface area contributed by atoms with E-state index < -0.39 is 17.2 Å². The Morgan fingerprint density at radius 2 is 1.69 bits per heavy atom. The van der Waals surface area contributed by atoms with Gasteiger partial charge in [-0.25, -0.2) is 4.79 Å². The lowest BCUT2D eigenvalue weighted by Gasteiger charge is -2.31. The highest BCUT2D eigenvalue weighted by Gasteiger charge is 2.29. The van der Waals surface area contributed by atoms with Gasteiger partial charge in [0.1, 0.15) is 11.4 Å². The minimum absolute atomic E-state index is 0.0225. The molecule has 172 valence electrons. The van der Waals surface area contributed by atoms with E-state index in [4.69, 9.17) is 5.73 Å². The molecule has 0 saturated heterocycles. The summed E-state index contributed by atoms with van der Waals surface area (Å²) in [5, 5.41) is 3.27. The number of rotatable bonds is 6. The Bertz CT molecular complexity index is 1050. The molecule has 0 unspecified atom stereocenters. The second-order valence-electron chi connectivity index (χ2n) is 9.47. The fourth-order valence-electron chi connectivity index (χ4n) is 5.57. The SMILES string of the molecule is C[C@H](Nc1c(C(N)=O)[nH]c(=O)n(C2CCC(c3ccccc3)CC2)c1=O)C1CCCCC1. The Hall–Kier alpha value is -2.83. The minimum Gasteiger partial charge on any atom is -0.376 e. The molecule has 7 heteroatoms. The minimum atomic E-state index is -0.794. The number of nitrogens with two attached hydrogens (primary N) is 1.